The minimum absolute atomic E-state index is 0. The number of ketones is 2. The van der Waals surface area contributed by atoms with E-state index in [4.69, 9.17) is 9.59 Å². The fourth-order valence-corrected chi connectivity index (χ4v) is 0.432. The van der Waals surface area contributed by atoms with Gasteiger partial charge in [0.05, 0.1) is 6.42 Å². The van der Waals surface area contributed by atoms with Gasteiger partial charge in [-0.25, -0.2) is 0 Å². The van der Waals surface area contributed by atoms with Crippen molar-refractivity contribution in [3.8, 4) is 0 Å². The van der Waals surface area contributed by atoms with E-state index in [0.29, 0.717) is 6.42 Å². The molecule has 0 bridgehead atoms. The van der Waals surface area contributed by atoms with Crippen molar-refractivity contribution in [2.45, 2.75) is 40.0 Å². The van der Waals surface area contributed by atoms with Gasteiger partial charge in [-0.1, -0.05) is 6.92 Å². The van der Waals surface area contributed by atoms with Gasteiger partial charge in [0.1, 0.15) is 11.6 Å². The number of carbonyl (C=O) groups excluding carboxylic acids is 4. The summed E-state index contributed by atoms with van der Waals surface area (Å²) < 4.78 is 0. The van der Waals surface area contributed by atoms with E-state index in [2.05, 4.69) is 6.92 Å². The van der Waals surface area contributed by atoms with Crippen LogP contribution in [0.5, 0.6) is 0 Å². The zero-order valence-corrected chi connectivity index (χ0v) is 25.7. The number of rotatable bonds is 5. The molecule has 20 heavy (non-hydrogen) atoms. The molecule has 0 heterocycles. The van der Waals surface area contributed by atoms with Gasteiger partial charge in [0, 0.05) is 114 Å². The molecule has 0 unspecified atom stereocenters. The van der Waals surface area contributed by atoms with Crippen LogP contribution < -0.4 is 0 Å². The summed E-state index contributed by atoms with van der Waals surface area (Å²) in [6, 6.07) is 0. The summed E-state index contributed by atoms with van der Waals surface area (Å²) in [7, 11) is 0. The molecule has 0 atom stereocenters. The zero-order valence-electron chi connectivity index (χ0n) is 11.8. The summed E-state index contributed by atoms with van der Waals surface area (Å²) in [5, 5.41) is 0. The van der Waals surface area contributed by atoms with Gasteiger partial charge in [0.15, 0.2) is 0 Å². The third kappa shape index (κ3) is 69.4. The number of carbonyl (C=O) groups is 2. The van der Waals surface area contributed by atoms with E-state index in [1.54, 1.807) is 13.8 Å². The maximum absolute atomic E-state index is 10.4. The van der Waals surface area contributed by atoms with Crippen LogP contribution in [0.3, 0.4) is 0 Å². The molecule has 0 aromatic rings. The molecule has 0 N–H and O–H groups in total. The zero-order chi connectivity index (χ0) is 12.7. The molecule has 0 rings (SSSR count). The van der Waals surface area contributed by atoms with Crippen LogP contribution >= 0.6 is 24.0 Å². The minimum atomic E-state index is -0.222. The van der Waals surface area contributed by atoms with Crippen molar-refractivity contribution < 1.29 is 127 Å². The molecule has 0 aliphatic heterocycles. The second kappa shape index (κ2) is 49.5. The van der Waals surface area contributed by atoms with Crippen LogP contribution in [0.2, 0.25) is 0 Å². The van der Waals surface area contributed by atoms with Crippen LogP contribution in [0.25, 0.3) is 0 Å². The molecule has 0 aliphatic carbocycles. The Balaban J connectivity index is -0.0000000181. The fourth-order valence-electron chi connectivity index (χ4n) is 0.432. The summed E-state index contributed by atoms with van der Waals surface area (Å²) >= 11 is 0. The number of halogens is 1. The second-order valence-electron chi connectivity index (χ2n) is 2.24. The predicted octanol–water partition coefficient (Wildman–Crippen LogP) is 1.99. The fraction of sp³-hybridized carbons (Fsp3) is 0.545. The van der Waals surface area contributed by atoms with Gasteiger partial charge in [0.25, 0.3) is 0 Å². The van der Waals surface area contributed by atoms with E-state index in [1.807, 2.05) is 0 Å². The first-order valence-electron chi connectivity index (χ1n) is 4.50. The molecular formula is C11H18IO4W2Y2-3. The molecule has 114 valence electrons. The summed E-state index contributed by atoms with van der Waals surface area (Å²) in [6.07, 6.45) is 3.04. The molecular weight excluding hydrogens is 869 g/mol. The van der Waals surface area contributed by atoms with E-state index >= 15 is 0 Å². The molecule has 0 aromatic heterocycles. The van der Waals surface area contributed by atoms with Crippen molar-refractivity contribution in [3.63, 3.8) is 0 Å². The van der Waals surface area contributed by atoms with Crippen molar-refractivity contribution >= 4 is 48.1 Å². The Morgan fingerprint density at radius 2 is 1.30 bits per heavy atom. The number of Topliss-reactive ketones (excluding diaryl/α,β-unsaturated/α-hetero) is 2. The van der Waals surface area contributed by atoms with Crippen LogP contribution in [-0.2, 0) is 127 Å². The van der Waals surface area contributed by atoms with Crippen molar-refractivity contribution in [2.24, 2.45) is 0 Å². The van der Waals surface area contributed by atoms with E-state index in [9.17, 15) is 9.59 Å². The topological polar surface area (TPSA) is 68.3 Å². The molecule has 0 saturated carbocycles. The van der Waals surface area contributed by atoms with Crippen molar-refractivity contribution in [1.29, 1.82) is 0 Å². The van der Waals surface area contributed by atoms with Crippen LogP contribution in [-0.4, -0.2) is 24.1 Å². The van der Waals surface area contributed by atoms with E-state index in [1.165, 1.54) is 19.5 Å². The van der Waals surface area contributed by atoms with Crippen LogP contribution in [0.4, 0.5) is 0 Å². The van der Waals surface area contributed by atoms with Crippen LogP contribution in [0.1, 0.15) is 40.0 Å². The van der Waals surface area contributed by atoms with Crippen LogP contribution in [0, 0.1) is 6.92 Å². The summed E-state index contributed by atoms with van der Waals surface area (Å²) in [5.74, 6) is -0.0191. The van der Waals surface area contributed by atoms with Gasteiger partial charge in [0.2, 0.25) is 0 Å². The first-order valence-corrected chi connectivity index (χ1v) is 4.50. The molecule has 9 heteroatoms. The monoisotopic (exact) mass is 887 g/mol. The molecule has 0 spiro atoms. The minimum Gasteiger partial charge on any atom is -0.544 e. The van der Waals surface area contributed by atoms with Crippen molar-refractivity contribution in [3.05, 3.63) is 6.92 Å². The molecule has 0 fully saturated rings. The third-order valence-electron chi connectivity index (χ3n) is 0.985. The van der Waals surface area contributed by atoms with E-state index in [-0.39, 0.29) is 156 Å². The summed E-state index contributed by atoms with van der Waals surface area (Å²) in [4.78, 5) is 38.6. The SMILES string of the molecule is CCC(=O)CC(C)=O.I.O=[C-]C[C-]=O.[CH2-]C.[W].[W].[Y].[Y]. The number of hydrogen-bond acceptors (Lipinski definition) is 4. The first kappa shape index (κ1) is 49.5. The normalized spacial score (nSPS) is 5.40. The smallest absolute Gasteiger partial charge is 0.139 e. The molecule has 0 amide bonds. The standard InChI is InChI=1S/C6H10O2.C3H2O2.C2H5.HI.2W.2Y/c1-3-6(8)4-5(2)7;4-2-1-3-5;1-2;;;;;/h3-4H2,1-2H3;1H2;1H2,2H3;1H;;;;/q;-2;-1;;;;;. The van der Waals surface area contributed by atoms with Gasteiger partial charge in [-0.05, 0) is 6.92 Å². The molecule has 2 radical (unpaired) electrons. The summed E-state index contributed by atoms with van der Waals surface area (Å²) in [5.41, 5.74) is 0. The Bertz CT molecular complexity index is 203. The predicted molar refractivity (Wildman–Crippen MR) is 73.0 cm³/mol. The Labute approximate surface area is 218 Å². The van der Waals surface area contributed by atoms with Gasteiger partial charge >= 0.3 is 0 Å². The Hall–Kier alpha value is 2.99. The maximum Gasteiger partial charge on any atom is 0.139 e. The van der Waals surface area contributed by atoms with Gasteiger partial charge in [-0.2, -0.15) is 6.92 Å². The molecule has 0 aliphatic rings. The first-order chi connectivity index (χ1) is 7.08. The average molecular weight is 887 g/mol. The molecule has 0 saturated heterocycles. The van der Waals surface area contributed by atoms with Gasteiger partial charge in [-0.15, -0.1) is 24.0 Å². The summed E-state index contributed by atoms with van der Waals surface area (Å²) in [6.45, 7) is 8.18. The van der Waals surface area contributed by atoms with E-state index in [0.717, 1.165) is 0 Å². The Morgan fingerprint density at radius 1 is 1.00 bits per heavy atom. The Morgan fingerprint density at radius 3 is 1.35 bits per heavy atom. The van der Waals surface area contributed by atoms with Gasteiger partial charge in [-0.3, -0.25) is 28.6 Å². The Kier molecular flexibility index (Phi) is 122. The van der Waals surface area contributed by atoms with Crippen molar-refractivity contribution in [1.82, 2.24) is 0 Å². The van der Waals surface area contributed by atoms with E-state index < -0.39 is 0 Å². The van der Waals surface area contributed by atoms with Crippen LogP contribution in [0.15, 0.2) is 0 Å². The largest absolute Gasteiger partial charge is 0.544 e. The average Bonchev–Trinajstić information content (AvgIpc) is 2.22. The van der Waals surface area contributed by atoms with Gasteiger partial charge < -0.3 is 16.5 Å². The number of hydrogen-bond donors (Lipinski definition) is 0. The maximum atomic E-state index is 10.4. The van der Waals surface area contributed by atoms with Crippen molar-refractivity contribution in [2.75, 3.05) is 0 Å². The molecule has 0 aromatic carbocycles. The third-order valence-corrected chi connectivity index (χ3v) is 0.985. The molecule has 4 nitrogen and oxygen atoms in total. The quantitative estimate of drug-likeness (QED) is 0.241. The second-order valence-corrected chi connectivity index (χ2v) is 2.24.